The highest BCUT2D eigenvalue weighted by Gasteiger charge is 2.34. The lowest BCUT2D eigenvalue weighted by Crippen LogP contribution is -2.33. The zero-order valence-electron chi connectivity index (χ0n) is 14.6. The van der Waals surface area contributed by atoms with Gasteiger partial charge in [0.05, 0.1) is 11.1 Å². The average Bonchev–Trinajstić information content (AvgIpc) is 2.88. The number of benzene rings is 2. The summed E-state index contributed by atoms with van der Waals surface area (Å²) in [5, 5.41) is 0. The maximum Gasteiger partial charge on any atom is 0.261 e. The van der Waals surface area contributed by atoms with Crippen LogP contribution in [-0.2, 0) is 6.42 Å². The van der Waals surface area contributed by atoms with Crippen LogP contribution in [-0.4, -0.2) is 48.3 Å². The number of aryl methyl sites for hydroxylation is 1. The number of amides is 2. The third kappa shape index (κ3) is 4.15. The van der Waals surface area contributed by atoms with Crippen molar-refractivity contribution in [2.45, 2.75) is 19.3 Å². The molecule has 1 aliphatic heterocycles. The van der Waals surface area contributed by atoms with Crippen LogP contribution in [0.2, 0.25) is 0 Å². The van der Waals surface area contributed by atoms with Gasteiger partial charge < -0.3 is 4.90 Å². The van der Waals surface area contributed by atoms with Crippen LogP contribution >= 0.6 is 0 Å². The van der Waals surface area contributed by atoms with Gasteiger partial charge >= 0.3 is 0 Å². The molecule has 0 atom stereocenters. The Bertz CT molecular complexity index is 708. The van der Waals surface area contributed by atoms with Crippen molar-refractivity contribution in [3.05, 3.63) is 71.3 Å². The molecule has 2 amide bonds. The number of hydrogen-bond donors (Lipinski definition) is 0. The minimum absolute atomic E-state index is 0.160. The number of imide groups is 1. The maximum atomic E-state index is 12.3. The summed E-state index contributed by atoms with van der Waals surface area (Å²) in [5.41, 5.74) is 2.43. The molecule has 4 heteroatoms. The van der Waals surface area contributed by atoms with E-state index in [0.717, 1.165) is 32.4 Å². The first-order valence-corrected chi connectivity index (χ1v) is 8.84. The molecule has 130 valence electrons. The van der Waals surface area contributed by atoms with Crippen molar-refractivity contribution < 1.29 is 9.59 Å². The SMILES string of the molecule is CN(CCCc1ccccc1)CCCN1C(=O)c2ccccc2C1=O. The number of hydrogen-bond acceptors (Lipinski definition) is 3. The van der Waals surface area contributed by atoms with Crippen molar-refractivity contribution in [1.82, 2.24) is 9.80 Å². The highest BCUT2D eigenvalue weighted by Crippen LogP contribution is 2.22. The van der Waals surface area contributed by atoms with Crippen molar-refractivity contribution in [3.63, 3.8) is 0 Å². The summed E-state index contributed by atoms with van der Waals surface area (Å²) >= 11 is 0. The molecule has 4 nitrogen and oxygen atoms in total. The normalized spacial score (nSPS) is 13.6. The molecule has 0 radical (unpaired) electrons. The molecule has 0 bridgehead atoms. The van der Waals surface area contributed by atoms with Crippen LogP contribution < -0.4 is 0 Å². The Kier molecular flexibility index (Phi) is 5.61. The molecule has 0 fully saturated rings. The number of carbonyl (C=O) groups is 2. The molecule has 0 saturated heterocycles. The number of carbonyl (C=O) groups excluding carboxylic acids is 2. The van der Waals surface area contributed by atoms with Gasteiger partial charge in [0.2, 0.25) is 0 Å². The summed E-state index contributed by atoms with van der Waals surface area (Å²) in [4.78, 5) is 28.2. The molecule has 0 aliphatic carbocycles. The first-order valence-electron chi connectivity index (χ1n) is 8.84. The molecule has 0 saturated carbocycles. The van der Waals surface area contributed by atoms with Crippen molar-refractivity contribution >= 4 is 11.8 Å². The largest absolute Gasteiger partial charge is 0.306 e. The second-order valence-electron chi connectivity index (χ2n) is 6.55. The lowest BCUT2D eigenvalue weighted by atomic mass is 10.1. The van der Waals surface area contributed by atoms with E-state index in [9.17, 15) is 9.59 Å². The van der Waals surface area contributed by atoms with Crippen LogP contribution in [0.5, 0.6) is 0 Å². The third-order valence-electron chi connectivity index (χ3n) is 4.65. The number of fused-ring (bicyclic) bond motifs is 1. The lowest BCUT2D eigenvalue weighted by molar-refractivity contribution is 0.0648. The minimum Gasteiger partial charge on any atom is -0.306 e. The van der Waals surface area contributed by atoms with Crippen LogP contribution in [0, 0.1) is 0 Å². The van der Waals surface area contributed by atoms with Crippen LogP contribution in [0.25, 0.3) is 0 Å². The summed E-state index contributed by atoms with van der Waals surface area (Å²) in [7, 11) is 2.09. The smallest absolute Gasteiger partial charge is 0.261 e. The van der Waals surface area contributed by atoms with E-state index in [-0.39, 0.29) is 11.8 Å². The molecule has 0 spiro atoms. The molecule has 2 aromatic rings. The molecular weight excluding hydrogens is 312 g/mol. The van der Waals surface area contributed by atoms with E-state index in [2.05, 4.69) is 36.2 Å². The van der Waals surface area contributed by atoms with E-state index in [1.54, 1.807) is 24.3 Å². The van der Waals surface area contributed by atoms with Gasteiger partial charge in [-0.05, 0) is 57.1 Å². The molecule has 1 heterocycles. The first kappa shape index (κ1) is 17.4. The quantitative estimate of drug-likeness (QED) is 0.695. The molecule has 3 rings (SSSR count). The Morgan fingerprint density at radius 1 is 0.800 bits per heavy atom. The predicted molar refractivity (Wildman–Crippen MR) is 98.7 cm³/mol. The average molecular weight is 336 g/mol. The summed E-state index contributed by atoms with van der Waals surface area (Å²) < 4.78 is 0. The van der Waals surface area contributed by atoms with Crippen LogP contribution in [0.1, 0.15) is 39.1 Å². The second kappa shape index (κ2) is 8.08. The van der Waals surface area contributed by atoms with Gasteiger partial charge in [0, 0.05) is 6.54 Å². The second-order valence-corrected chi connectivity index (χ2v) is 6.55. The Balaban J connectivity index is 1.40. The standard InChI is InChI=1S/C21H24N2O2/c1-22(14-7-11-17-9-3-2-4-10-17)15-8-16-23-20(24)18-12-5-6-13-19(18)21(23)25/h2-6,9-10,12-13H,7-8,11,14-16H2,1H3. The maximum absolute atomic E-state index is 12.3. The van der Waals surface area contributed by atoms with Gasteiger partial charge in [-0.15, -0.1) is 0 Å². The third-order valence-corrected chi connectivity index (χ3v) is 4.65. The predicted octanol–water partition coefficient (Wildman–Crippen LogP) is 3.24. The van der Waals surface area contributed by atoms with Crippen molar-refractivity contribution in [2.75, 3.05) is 26.7 Å². The number of nitrogens with zero attached hydrogens (tertiary/aromatic N) is 2. The van der Waals surface area contributed by atoms with E-state index in [1.807, 2.05) is 6.07 Å². The van der Waals surface area contributed by atoms with Gasteiger partial charge in [-0.25, -0.2) is 0 Å². The fourth-order valence-electron chi connectivity index (χ4n) is 3.25. The minimum atomic E-state index is -0.160. The Labute approximate surface area is 149 Å². The highest BCUT2D eigenvalue weighted by atomic mass is 16.2. The lowest BCUT2D eigenvalue weighted by Gasteiger charge is -2.19. The first-order chi connectivity index (χ1) is 12.2. The molecule has 2 aromatic carbocycles. The van der Waals surface area contributed by atoms with E-state index in [4.69, 9.17) is 0 Å². The van der Waals surface area contributed by atoms with E-state index in [0.29, 0.717) is 17.7 Å². The summed E-state index contributed by atoms with van der Waals surface area (Å²) in [6.45, 7) is 2.37. The highest BCUT2D eigenvalue weighted by molar-refractivity contribution is 6.21. The van der Waals surface area contributed by atoms with E-state index < -0.39 is 0 Å². The molecule has 0 aromatic heterocycles. The number of rotatable bonds is 8. The van der Waals surface area contributed by atoms with Crippen LogP contribution in [0.4, 0.5) is 0 Å². The Morgan fingerprint density at radius 3 is 2.00 bits per heavy atom. The van der Waals surface area contributed by atoms with Gasteiger partial charge in [0.25, 0.3) is 11.8 Å². The fraction of sp³-hybridized carbons (Fsp3) is 0.333. The molecule has 1 aliphatic rings. The van der Waals surface area contributed by atoms with Crippen molar-refractivity contribution in [2.24, 2.45) is 0 Å². The monoisotopic (exact) mass is 336 g/mol. The zero-order valence-corrected chi connectivity index (χ0v) is 14.6. The molecule has 25 heavy (non-hydrogen) atoms. The summed E-state index contributed by atoms with van der Waals surface area (Å²) in [6.07, 6.45) is 2.98. The summed E-state index contributed by atoms with van der Waals surface area (Å²) in [6, 6.07) is 17.5. The van der Waals surface area contributed by atoms with Gasteiger partial charge in [-0.3, -0.25) is 14.5 Å². The van der Waals surface area contributed by atoms with Crippen molar-refractivity contribution in [3.8, 4) is 0 Å². The van der Waals surface area contributed by atoms with Crippen LogP contribution in [0.3, 0.4) is 0 Å². The zero-order chi connectivity index (χ0) is 17.6. The topological polar surface area (TPSA) is 40.6 Å². The van der Waals surface area contributed by atoms with Crippen molar-refractivity contribution in [1.29, 1.82) is 0 Å². The molecular formula is C21H24N2O2. The molecule has 0 N–H and O–H groups in total. The van der Waals surface area contributed by atoms with Gasteiger partial charge in [-0.2, -0.15) is 0 Å². The molecule has 0 unspecified atom stereocenters. The van der Waals surface area contributed by atoms with Crippen LogP contribution in [0.15, 0.2) is 54.6 Å². The van der Waals surface area contributed by atoms with E-state index in [1.165, 1.54) is 10.5 Å². The Morgan fingerprint density at radius 2 is 1.36 bits per heavy atom. The van der Waals surface area contributed by atoms with Gasteiger partial charge in [0.1, 0.15) is 0 Å². The van der Waals surface area contributed by atoms with E-state index >= 15 is 0 Å². The Hall–Kier alpha value is -2.46. The summed E-state index contributed by atoms with van der Waals surface area (Å²) in [5.74, 6) is -0.320. The van der Waals surface area contributed by atoms with Gasteiger partial charge in [0.15, 0.2) is 0 Å². The van der Waals surface area contributed by atoms with Gasteiger partial charge in [-0.1, -0.05) is 42.5 Å². The fourth-order valence-corrected chi connectivity index (χ4v) is 3.25.